The first-order valence-electron chi connectivity index (χ1n) is 8.32. The van der Waals surface area contributed by atoms with Crippen molar-refractivity contribution in [2.45, 2.75) is 13.0 Å². The van der Waals surface area contributed by atoms with Gasteiger partial charge in [-0.25, -0.2) is 4.98 Å². The summed E-state index contributed by atoms with van der Waals surface area (Å²) in [5.41, 5.74) is 1.54. The highest BCUT2D eigenvalue weighted by Gasteiger charge is 2.12. The van der Waals surface area contributed by atoms with E-state index in [9.17, 15) is 9.59 Å². The molecule has 0 saturated heterocycles. The van der Waals surface area contributed by atoms with E-state index in [2.05, 4.69) is 15.6 Å². The van der Waals surface area contributed by atoms with Crippen LogP contribution in [-0.2, 0) is 13.0 Å². The van der Waals surface area contributed by atoms with E-state index >= 15 is 0 Å². The summed E-state index contributed by atoms with van der Waals surface area (Å²) < 4.78 is 5.16. The fraction of sp³-hybridized carbons (Fsp3) is 0.150. The number of pyridine rings is 1. The lowest BCUT2D eigenvalue weighted by Gasteiger charge is -2.07. The summed E-state index contributed by atoms with van der Waals surface area (Å²) in [7, 11) is 0. The molecule has 2 N–H and O–H groups in total. The van der Waals surface area contributed by atoms with Crippen LogP contribution >= 0.6 is 0 Å². The number of nitrogens with zero attached hydrogens (tertiary/aromatic N) is 1. The standard InChI is InChI=1S/C20H19N3O3/c24-19(21-12-11-15-6-2-1-3-7-15)17-9-4-10-18(23-17)20(25)22-14-16-8-5-13-26-16/h1-10,13H,11-12,14H2,(H,21,24)(H,22,25). The van der Waals surface area contributed by atoms with Crippen LogP contribution in [0.4, 0.5) is 0 Å². The molecule has 6 heteroatoms. The van der Waals surface area contributed by atoms with Crippen LogP contribution in [0.25, 0.3) is 0 Å². The fourth-order valence-corrected chi connectivity index (χ4v) is 2.41. The maximum absolute atomic E-state index is 12.2. The van der Waals surface area contributed by atoms with Crippen molar-refractivity contribution < 1.29 is 14.0 Å². The lowest BCUT2D eigenvalue weighted by Crippen LogP contribution is -2.28. The van der Waals surface area contributed by atoms with Gasteiger partial charge in [0.15, 0.2) is 0 Å². The molecule has 0 aliphatic heterocycles. The number of aromatic nitrogens is 1. The Kier molecular flexibility index (Phi) is 5.77. The van der Waals surface area contributed by atoms with Crippen LogP contribution in [0.15, 0.2) is 71.3 Å². The zero-order valence-corrected chi connectivity index (χ0v) is 14.1. The first-order valence-corrected chi connectivity index (χ1v) is 8.32. The lowest BCUT2D eigenvalue weighted by molar-refractivity contribution is 0.0940. The SMILES string of the molecule is O=C(NCCc1ccccc1)c1cccc(C(=O)NCc2ccco2)n1. The first-order chi connectivity index (χ1) is 12.7. The second-order valence-corrected chi connectivity index (χ2v) is 5.66. The number of rotatable bonds is 7. The molecule has 132 valence electrons. The highest BCUT2D eigenvalue weighted by molar-refractivity contribution is 5.96. The Labute approximate surface area is 151 Å². The van der Waals surface area contributed by atoms with Gasteiger partial charge in [-0.1, -0.05) is 36.4 Å². The van der Waals surface area contributed by atoms with Gasteiger partial charge in [0.2, 0.25) is 0 Å². The van der Waals surface area contributed by atoms with E-state index in [-0.39, 0.29) is 29.7 Å². The predicted molar refractivity (Wildman–Crippen MR) is 96.6 cm³/mol. The minimum atomic E-state index is -0.361. The molecule has 0 bridgehead atoms. The fourth-order valence-electron chi connectivity index (χ4n) is 2.41. The summed E-state index contributed by atoms with van der Waals surface area (Å²) in [6.07, 6.45) is 2.27. The van der Waals surface area contributed by atoms with Crippen molar-refractivity contribution in [2.24, 2.45) is 0 Å². The summed E-state index contributed by atoms with van der Waals surface area (Å²) in [5.74, 6) is -0.0184. The molecule has 0 unspecified atom stereocenters. The van der Waals surface area contributed by atoms with Gasteiger partial charge in [0.1, 0.15) is 17.1 Å². The molecule has 2 heterocycles. The topological polar surface area (TPSA) is 84.2 Å². The third-order valence-corrected chi connectivity index (χ3v) is 3.76. The number of furan rings is 1. The zero-order valence-electron chi connectivity index (χ0n) is 14.1. The summed E-state index contributed by atoms with van der Waals surface area (Å²) in [4.78, 5) is 28.5. The van der Waals surface area contributed by atoms with Crippen molar-refractivity contribution in [1.82, 2.24) is 15.6 Å². The van der Waals surface area contributed by atoms with Crippen LogP contribution in [0.1, 0.15) is 32.3 Å². The van der Waals surface area contributed by atoms with Crippen molar-refractivity contribution in [1.29, 1.82) is 0 Å². The van der Waals surface area contributed by atoms with Crippen molar-refractivity contribution in [3.05, 3.63) is 89.6 Å². The van der Waals surface area contributed by atoms with E-state index in [1.165, 1.54) is 0 Å². The van der Waals surface area contributed by atoms with Crippen molar-refractivity contribution in [3.63, 3.8) is 0 Å². The maximum Gasteiger partial charge on any atom is 0.270 e. The minimum Gasteiger partial charge on any atom is -0.467 e. The van der Waals surface area contributed by atoms with E-state index in [0.717, 1.165) is 12.0 Å². The normalized spacial score (nSPS) is 10.3. The van der Waals surface area contributed by atoms with Gasteiger partial charge in [0.25, 0.3) is 11.8 Å². The Hall–Kier alpha value is -3.41. The predicted octanol–water partition coefficient (Wildman–Crippen LogP) is 2.58. The summed E-state index contributed by atoms with van der Waals surface area (Å²) >= 11 is 0. The molecule has 3 rings (SSSR count). The average Bonchev–Trinajstić information content (AvgIpc) is 3.20. The van der Waals surface area contributed by atoms with Crippen LogP contribution in [-0.4, -0.2) is 23.3 Å². The van der Waals surface area contributed by atoms with Gasteiger partial charge in [-0.05, 0) is 36.2 Å². The van der Waals surface area contributed by atoms with E-state index in [1.807, 2.05) is 30.3 Å². The Morgan fingerprint density at radius 3 is 2.27 bits per heavy atom. The molecular formula is C20H19N3O3. The Morgan fingerprint density at radius 2 is 1.58 bits per heavy atom. The molecule has 0 spiro atoms. The van der Waals surface area contributed by atoms with Gasteiger partial charge >= 0.3 is 0 Å². The van der Waals surface area contributed by atoms with Gasteiger partial charge in [0.05, 0.1) is 12.8 Å². The Morgan fingerprint density at radius 1 is 0.846 bits per heavy atom. The third-order valence-electron chi connectivity index (χ3n) is 3.76. The maximum atomic E-state index is 12.2. The number of hydrogen-bond donors (Lipinski definition) is 2. The molecule has 0 fully saturated rings. The van der Waals surface area contributed by atoms with Crippen molar-refractivity contribution >= 4 is 11.8 Å². The van der Waals surface area contributed by atoms with Crippen LogP contribution in [0, 0.1) is 0 Å². The van der Waals surface area contributed by atoms with Gasteiger partial charge in [-0.3, -0.25) is 9.59 Å². The highest BCUT2D eigenvalue weighted by atomic mass is 16.3. The molecule has 26 heavy (non-hydrogen) atoms. The second-order valence-electron chi connectivity index (χ2n) is 5.66. The summed E-state index contributed by atoms with van der Waals surface area (Å²) in [6.45, 7) is 0.764. The van der Waals surface area contributed by atoms with E-state index < -0.39 is 0 Å². The monoisotopic (exact) mass is 349 g/mol. The van der Waals surface area contributed by atoms with E-state index in [1.54, 1.807) is 36.6 Å². The van der Waals surface area contributed by atoms with Crippen LogP contribution in [0.5, 0.6) is 0 Å². The van der Waals surface area contributed by atoms with Crippen LogP contribution in [0.2, 0.25) is 0 Å². The quantitative estimate of drug-likeness (QED) is 0.687. The molecule has 3 aromatic rings. The summed E-state index contributed by atoms with van der Waals surface area (Å²) in [6, 6.07) is 18.2. The van der Waals surface area contributed by atoms with Crippen LogP contribution in [0.3, 0.4) is 0 Å². The summed E-state index contributed by atoms with van der Waals surface area (Å²) in [5, 5.41) is 5.53. The van der Waals surface area contributed by atoms with Crippen molar-refractivity contribution in [2.75, 3.05) is 6.54 Å². The van der Waals surface area contributed by atoms with Gasteiger partial charge < -0.3 is 15.1 Å². The molecule has 0 radical (unpaired) electrons. The molecule has 2 aromatic heterocycles. The Balaban J connectivity index is 1.54. The lowest BCUT2D eigenvalue weighted by atomic mass is 10.1. The smallest absolute Gasteiger partial charge is 0.270 e. The second kappa shape index (κ2) is 8.62. The minimum absolute atomic E-state index is 0.187. The first kappa shape index (κ1) is 17.4. The van der Waals surface area contributed by atoms with Gasteiger partial charge in [0, 0.05) is 6.54 Å². The van der Waals surface area contributed by atoms with Crippen LogP contribution < -0.4 is 10.6 Å². The molecule has 0 saturated carbocycles. The molecule has 0 atom stereocenters. The van der Waals surface area contributed by atoms with Gasteiger partial charge in [-0.15, -0.1) is 0 Å². The van der Waals surface area contributed by atoms with Crippen molar-refractivity contribution in [3.8, 4) is 0 Å². The number of carbonyl (C=O) groups is 2. The Bertz CT molecular complexity index is 861. The number of amides is 2. The molecular weight excluding hydrogens is 330 g/mol. The number of carbonyl (C=O) groups excluding carboxylic acids is 2. The zero-order chi connectivity index (χ0) is 18.2. The third kappa shape index (κ3) is 4.80. The van der Waals surface area contributed by atoms with E-state index in [4.69, 9.17) is 4.42 Å². The van der Waals surface area contributed by atoms with Gasteiger partial charge in [-0.2, -0.15) is 0 Å². The largest absolute Gasteiger partial charge is 0.467 e. The molecule has 2 amide bonds. The number of nitrogens with one attached hydrogen (secondary N) is 2. The highest BCUT2D eigenvalue weighted by Crippen LogP contribution is 2.03. The number of benzene rings is 1. The molecule has 6 nitrogen and oxygen atoms in total. The molecule has 1 aromatic carbocycles. The average molecular weight is 349 g/mol. The molecule has 0 aliphatic carbocycles. The molecule has 0 aliphatic rings. The number of hydrogen-bond acceptors (Lipinski definition) is 4. The van der Waals surface area contributed by atoms with E-state index in [0.29, 0.717) is 12.3 Å².